The number of para-hydroxylation sites is 1. The van der Waals surface area contributed by atoms with E-state index in [0.717, 1.165) is 0 Å². The third-order valence-electron chi connectivity index (χ3n) is 4.96. The van der Waals surface area contributed by atoms with E-state index in [1.807, 2.05) is 30.3 Å². The summed E-state index contributed by atoms with van der Waals surface area (Å²) in [4.78, 5) is 18.8. The van der Waals surface area contributed by atoms with Gasteiger partial charge in [-0.1, -0.05) is 18.2 Å². The van der Waals surface area contributed by atoms with Crippen LogP contribution >= 0.6 is 0 Å². The van der Waals surface area contributed by atoms with E-state index >= 15 is 0 Å². The highest BCUT2D eigenvalue weighted by atomic mass is 32.2. The van der Waals surface area contributed by atoms with Crippen LogP contribution in [-0.4, -0.2) is 61.0 Å². The summed E-state index contributed by atoms with van der Waals surface area (Å²) in [6.45, 7) is 0.812. The van der Waals surface area contributed by atoms with Gasteiger partial charge in [-0.15, -0.1) is 0 Å². The molecular formula is C19H20N2O5S. The lowest BCUT2D eigenvalue weighted by Crippen LogP contribution is -2.60. The van der Waals surface area contributed by atoms with Crippen molar-refractivity contribution in [3.8, 4) is 11.6 Å². The van der Waals surface area contributed by atoms with Crippen LogP contribution in [0.5, 0.6) is 11.6 Å². The molecule has 2 fully saturated rings. The van der Waals surface area contributed by atoms with Gasteiger partial charge in [0.25, 0.3) is 5.91 Å². The van der Waals surface area contributed by atoms with Crippen LogP contribution in [0.3, 0.4) is 0 Å². The van der Waals surface area contributed by atoms with Crippen molar-refractivity contribution >= 4 is 15.7 Å². The molecule has 2 aromatic rings. The lowest BCUT2D eigenvalue weighted by molar-refractivity contribution is 0.0294. The molecule has 4 rings (SSSR count). The van der Waals surface area contributed by atoms with E-state index < -0.39 is 15.1 Å². The number of aromatic nitrogens is 1. The molecule has 7 nitrogen and oxygen atoms in total. The van der Waals surface area contributed by atoms with E-state index in [2.05, 4.69) is 4.98 Å². The van der Waals surface area contributed by atoms with Crippen molar-refractivity contribution in [1.82, 2.24) is 9.88 Å². The lowest BCUT2D eigenvalue weighted by Gasteiger charge is -2.43. The molecular weight excluding hydrogens is 368 g/mol. The summed E-state index contributed by atoms with van der Waals surface area (Å²) < 4.78 is 35.6. The van der Waals surface area contributed by atoms with Crippen molar-refractivity contribution in [1.29, 1.82) is 0 Å². The molecule has 2 atom stereocenters. The predicted molar refractivity (Wildman–Crippen MR) is 98.6 cm³/mol. The Morgan fingerprint density at radius 1 is 1.19 bits per heavy atom. The van der Waals surface area contributed by atoms with Gasteiger partial charge < -0.3 is 14.4 Å². The van der Waals surface area contributed by atoms with Crippen molar-refractivity contribution in [2.75, 3.05) is 25.5 Å². The summed E-state index contributed by atoms with van der Waals surface area (Å²) in [7, 11) is -3.23. The van der Waals surface area contributed by atoms with Crippen molar-refractivity contribution in [2.45, 2.75) is 17.7 Å². The number of rotatable bonds is 3. The number of carbonyl (C=O) groups excluding carboxylic acids is 1. The highest BCUT2D eigenvalue weighted by Crippen LogP contribution is 2.28. The molecule has 1 aromatic heterocycles. The maximum Gasteiger partial charge on any atom is 0.255 e. The number of carbonyl (C=O) groups is 1. The number of hydrogen-bond donors (Lipinski definition) is 0. The number of sulfone groups is 1. The predicted octanol–water partition coefficient (Wildman–Crippen LogP) is 1.90. The third-order valence-corrected chi connectivity index (χ3v) is 7.08. The average molecular weight is 388 g/mol. The van der Waals surface area contributed by atoms with E-state index in [4.69, 9.17) is 9.47 Å². The minimum atomic E-state index is -3.23. The molecule has 0 radical (unpaired) electrons. The van der Waals surface area contributed by atoms with Crippen LogP contribution in [0, 0.1) is 0 Å². The van der Waals surface area contributed by atoms with Gasteiger partial charge in [-0.3, -0.25) is 4.79 Å². The Morgan fingerprint density at radius 2 is 2.00 bits per heavy atom. The fourth-order valence-electron chi connectivity index (χ4n) is 3.54. The van der Waals surface area contributed by atoms with Crippen LogP contribution < -0.4 is 4.74 Å². The summed E-state index contributed by atoms with van der Waals surface area (Å²) in [6, 6.07) is 12.2. The normalized spacial score (nSPS) is 24.1. The zero-order valence-corrected chi connectivity index (χ0v) is 15.5. The number of pyridine rings is 1. The Labute approximate surface area is 157 Å². The molecule has 8 heteroatoms. The van der Waals surface area contributed by atoms with Gasteiger partial charge >= 0.3 is 0 Å². The molecule has 0 spiro atoms. The Balaban J connectivity index is 1.50. The zero-order valence-electron chi connectivity index (χ0n) is 14.7. The van der Waals surface area contributed by atoms with E-state index in [1.165, 1.54) is 6.20 Å². The van der Waals surface area contributed by atoms with Crippen molar-refractivity contribution < 1.29 is 22.7 Å². The van der Waals surface area contributed by atoms with Crippen LogP contribution in [0.1, 0.15) is 16.8 Å². The molecule has 2 aliphatic heterocycles. The molecule has 0 N–H and O–H groups in total. The lowest BCUT2D eigenvalue weighted by atomic mass is 10.0. The highest BCUT2D eigenvalue weighted by Gasteiger charge is 2.45. The number of benzene rings is 1. The van der Waals surface area contributed by atoms with E-state index in [9.17, 15) is 13.2 Å². The van der Waals surface area contributed by atoms with E-state index in [0.29, 0.717) is 30.2 Å². The zero-order chi connectivity index (χ0) is 18.9. The number of fused-ring (bicyclic) bond motifs is 1. The topological polar surface area (TPSA) is 85.8 Å². The largest absolute Gasteiger partial charge is 0.439 e. The number of nitrogens with zero attached hydrogens (tertiary/aromatic N) is 2. The molecule has 2 saturated heterocycles. The van der Waals surface area contributed by atoms with Gasteiger partial charge in [0.15, 0.2) is 9.84 Å². The SMILES string of the molecule is O=C(c1ccc(Oc2ccccc2)nc1)N1CCS(=O)(=O)C2COCCC21. The van der Waals surface area contributed by atoms with E-state index in [-0.39, 0.29) is 30.9 Å². The third kappa shape index (κ3) is 3.68. The Bertz CT molecular complexity index is 915. The first-order valence-electron chi connectivity index (χ1n) is 8.84. The van der Waals surface area contributed by atoms with Crippen LogP contribution in [0.15, 0.2) is 48.7 Å². The molecule has 27 heavy (non-hydrogen) atoms. The van der Waals surface area contributed by atoms with Gasteiger partial charge in [0.05, 0.1) is 24.0 Å². The molecule has 0 bridgehead atoms. The second-order valence-corrected chi connectivity index (χ2v) is 8.97. The quantitative estimate of drug-likeness (QED) is 0.798. The second-order valence-electron chi connectivity index (χ2n) is 6.64. The summed E-state index contributed by atoms with van der Waals surface area (Å²) in [5.74, 6) is 0.810. The summed E-state index contributed by atoms with van der Waals surface area (Å²) >= 11 is 0. The van der Waals surface area contributed by atoms with Gasteiger partial charge in [0, 0.05) is 25.4 Å². The van der Waals surface area contributed by atoms with Gasteiger partial charge in [-0.05, 0) is 24.6 Å². The van der Waals surface area contributed by atoms with Gasteiger partial charge in [-0.2, -0.15) is 0 Å². The summed E-state index contributed by atoms with van der Waals surface area (Å²) in [5, 5.41) is -0.641. The van der Waals surface area contributed by atoms with Gasteiger partial charge in [0.1, 0.15) is 11.0 Å². The van der Waals surface area contributed by atoms with Crippen LogP contribution in [0.2, 0.25) is 0 Å². The Morgan fingerprint density at radius 3 is 2.74 bits per heavy atom. The smallest absolute Gasteiger partial charge is 0.255 e. The maximum atomic E-state index is 12.9. The number of ether oxygens (including phenoxy) is 2. The summed E-state index contributed by atoms with van der Waals surface area (Å²) in [5.41, 5.74) is 0.417. The fourth-order valence-corrected chi connectivity index (χ4v) is 5.36. The average Bonchev–Trinajstić information content (AvgIpc) is 2.69. The molecule has 142 valence electrons. The molecule has 3 heterocycles. The summed E-state index contributed by atoms with van der Waals surface area (Å²) in [6.07, 6.45) is 2.00. The first kappa shape index (κ1) is 17.9. The van der Waals surface area contributed by atoms with Crippen molar-refractivity contribution in [3.63, 3.8) is 0 Å². The number of hydrogen-bond acceptors (Lipinski definition) is 6. The van der Waals surface area contributed by atoms with Crippen molar-refractivity contribution in [3.05, 3.63) is 54.2 Å². The van der Waals surface area contributed by atoms with Crippen molar-refractivity contribution in [2.24, 2.45) is 0 Å². The number of amides is 1. The first-order valence-corrected chi connectivity index (χ1v) is 10.6. The molecule has 2 aliphatic rings. The molecule has 1 aromatic carbocycles. The fraction of sp³-hybridized carbons (Fsp3) is 0.368. The maximum absolute atomic E-state index is 12.9. The minimum absolute atomic E-state index is 0.0358. The standard InChI is InChI=1S/C19H20N2O5S/c22-19(21-9-11-27(23,24)17-13-25-10-8-16(17)21)14-6-7-18(20-12-14)26-15-4-2-1-3-5-15/h1-7,12,16-17H,8-11,13H2. The van der Waals surface area contributed by atoms with Gasteiger partial charge in [0.2, 0.25) is 5.88 Å². The van der Waals surface area contributed by atoms with Crippen LogP contribution in [0.25, 0.3) is 0 Å². The van der Waals surface area contributed by atoms with Gasteiger partial charge in [-0.25, -0.2) is 13.4 Å². The van der Waals surface area contributed by atoms with E-state index in [1.54, 1.807) is 17.0 Å². The van der Waals surface area contributed by atoms with Crippen LogP contribution in [-0.2, 0) is 14.6 Å². The Hall–Kier alpha value is -2.45. The molecule has 2 unspecified atom stereocenters. The highest BCUT2D eigenvalue weighted by molar-refractivity contribution is 7.92. The Kier molecular flexibility index (Phi) is 4.84. The first-order chi connectivity index (χ1) is 13.0. The molecule has 0 saturated carbocycles. The van der Waals surface area contributed by atoms with Crippen LogP contribution in [0.4, 0.5) is 0 Å². The second kappa shape index (κ2) is 7.28. The minimum Gasteiger partial charge on any atom is -0.439 e. The monoisotopic (exact) mass is 388 g/mol. The molecule has 0 aliphatic carbocycles. The molecule has 1 amide bonds.